The molecule has 1 heterocycles. The molecule has 7 nitrogen and oxygen atoms in total. The van der Waals surface area contributed by atoms with Gasteiger partial charge in [0.2, 0.25) is 0 Å². The lowest BCUT2D eigenvalue weighted by molar-refractivity contribution is 0.303. The third-order valence-corrected chi connectivity index (χ3v) is 6.72. The summed E-state index contributed by atoms with van der Waals surface area (Å²) in [6.45, 7) is 2.77. The maximum atomic E-state index is 11.0. The predicted octanol–water partition coefficient (Wildman–Crippen LogP) is 7.66. The lowest BCUT2D eigenvalue weighted by Crippen LogP contribution is -2.01. The number of unbranched alkanes of at least 4 members (excludes halogenated alkanes) is 5. The average molecular weight is 616 g/mol. The molecule has 0 amide bonds. The van der Waals surface area contributed by atoms with Crippen LogP contribution in [0.2, 0.25) is 5.02 Å². The summed E-state index contributed by atoms with van der Waals surface area (Å²) in [6, 6.07) is 16.6. The molecule has 0 aliphatic heterocycles. The van der Waals surface area contributed by atoms with Gasteiger partial charge in [0.25, 0.3) is 0 Å². The number of hydrogen-bond donors (Lipinski definition) is 2. The molecule has 2 N–H and O–H groups in total. The number of nitrogens with zero attached hydrogens (tertiary/aromatic N) is 3. The maximum Gasteiger partial charge on any atom is 0.167 e. The van der Waals surface area contributed by atoms with Crippen LogP contribution in [0.15, 0.2) is 60.7 Å². The normalized spacial score (nSPS) is 9.80. The van der Waals surface area contributed by atoms with E-state index in [0.717, 1.165) is 12.8 Å². The van der Waals surface area contributed by atoms with Gasteiger partial charge in [-0.05, 0) is 72.7 Å². The van der Waals surface area contributed by atoms with Gasteiger partial charge >= 0.3 is 0 Å². The topological polar surface area (TPSA) is 97.6 Å². The number of halogens is 1. The molecule has 0 aliphatic rings. The zero-order valence-corrected chi connectivity index (χ0v) is 25.5. The van der Waals surface area contributed by atoms with E-state index in [9.17, 15) is 10.2 Å². The molecule has 3 aromatic carbocycles. The molecule has 0 fully saturated rings. The van der Waals surface area contributed by atoms with Crippen LogP contribution >= 0.6 is 11.6 Å². The van der Waals surface area contributed by atoms with E-state index in [0.29, 0.717) is 39.9 Å². The third-order valence-electron chi connectivity index (χ3n) is 6.47. The molecule has 45 heavy (non-hydrogen) atoms. The second-order valence-corrected chi connectivity index (χ2v) is 10.2. The summed E-state index contributed by atoms with van der Waals surface area (Å²) in [5, 5.41) is 22.4. The van der Waals surface area contributed by atoms with E-state index in [4.69, 9.17) is 27.5 Å². The van der Waals surface area contributed by atoms with Gasteiger partial charge in [-0.1, -0.05) is 50.6 Å². The van der Waals surface area contributed by atoms with Crippen LogP contribution in [0, 0.1) is 48.1 Å². The summed E-state index contributed by atoms with van der Waals surface area (Å²) in [5.74, 6) is 15.7. The van der Waals surface area contributed by atoms with Crippen LogP contribution in [0.1, 0.15) is 45.4 Å². The fourth-order valence-electron chi connectivity index (χ4n) is 4.21. The number of aromatic hydroxyl groups is 2. The second-order valence-electron chi connectivity index (χ2n) is 9.76. The minimum Gasteiger partial charge on any atom is -0.507 e. The van der Waals surface area contributed by atoms with Crippen LogP contribution < -0.4 is 9.47 Å². The van der Waals surface area contributed by atoms with Gasteiger partial charge in [-0.2, -0.15) is 0 Å². The lowest BCUT2D eigenvalue weighted by Gasteiger charge is -2.12. The van der Waals surface area contributed by atoms with Crippen LogP contribution in [0.25, 0.3) is 34.2 Å². The highest BCUT2D eigenvalue weighted by Crippen LogP contribution is 2.35. The highest BCUT2D eigenvalue weighted by atomic mass is 35.5. The van der Waals surface area contributed by atoms with Gasteiger partial charge in [0.15, 0.2) is 17.5 Å². The first-order valence-electron chi connectivity index (χ1n) is 14.4. The first kappa shape index (κ1) is 32.3. The van der Waals surface area contributed by atoms with Crippen LogP contribution in [-0.2, 0) is 0 Å². The Balaban J connectivity index is 1.60. The summed E-state index contributed by atoms with van der Waals surface area (Å²) < 4.78 is 11.2. The average Bonchev–Trinajstić information content (AvgIpc) is 3.04. The largest absolute Gasteiger partial charge is 0.507 e. The summed E-state index contributed by atoms with van der Waals surface area (Å²) >= 11 is 6.10. The molecule has 224 valence electrons. The van der Waals surface area contributed by atoms with Gasteiger partial charge in [0, 0.05) is 40.5 Å². The molecular weight excluding hydrogens is 586 g/mol. The van der Waals surface area contributed by atoms with Crippen molar-refractivity contribution >= 4 is 11.6 Å². The Kier molecular flexibility index (Phi) is 12.1. The van der Waals surface area contributed by atoms with Crippen molar-refractivity contribution in [1.82, 2.24) is 15.0 Å². The Morgan fingerprint density at radius 3 is 1.93 bits per heavy atom. The Labute approximate surface area is 268 Å². The van der Waals surface area contributed by atoms with E-state index < -0.39 is 0 Å². The molecule has 0 atom stereocenters. The van der Waals surface area contributed by atoms with Crippen molar-refractivity contribution in [3.63, 3.8) is 0 Å². The minimum atomic E-state index is -0.151. The molecule has 0 saturated carbocycles. The zero-order chi connectivity index (χ0) is 31.9. The molecule has 4 rings (SSSR count). The van der Waals surface area contributed by atoms with E-state index >= 15 is 0 Å². The van der Waals surface area contributed by atoms with Crippen molar-refractivity contribution < 1.29 is 19.7 Å². The molecule has 0 saturated heterocycles. The Morgan fingerprint density at radius 1 is 0.689 bits per heavy atom. The molecule has 0 spiro atoms. The highest BCUT2D eigenvalue weighted by Gasteiger charge is 2.17. The fraction of sp³-hybridized carbons (Fsp3) is 0.216. The van der Waals surface area contributed by atoms with Crippen molar-refractivity contribution in [2.24, 2.45) is 0 Å². The Bertz CT molecular complexity index is 1860. The number of ether oxygens (including phenoxy) is 2. The van der Waals surface area contributed by atoms with E-state index in [1.165, 1.54) is 31.7 Å². The number of phenolic OH excluding ortho intramolecular Hbond substituents is 2. The maximum absolute atomic E-state index is 11.0. The van der Waals surface area contributed by atoms with Crippen molar-refractivity contribution in [2.75, 3.05) is 6.61 Å². The minimum absolute atomic E-state index is 0.0467. The third kappa shape index (κ3) is 9.71. The van der Waals surface area contributed by atoms with E-state index in [1.54, 1.807) is 54.6 Å². The van der Waals surface area contributed by atoms with Crippen molar-refractivity contribution in [1.29, 1.82) is 0 Å². The number of hydrogen-bond acceptors (Lipinski definition) is 7. The van der Waals surface area contributed by atoms with Crippen LogP contribution in [0.4, 0.5) is 0 Å². The number of aromatic nitrogens is 3. The smallest absolute Gasteiger partial charge is 0.167 e. The van der Waals surface area contributed by atoms with E-state index in [-0.39, 0.29) is 28.9 Å². The summed E-state index contributed by atoms with van der Waals surface area (Å²) in [7, 11) is 0. The monoisotopic (exact) mass is 615 g/mol. The first-order valence-corrected chi connectivity index (χ1v) is 14.8. The molecule has 1 aromatic heterocycles. The molecule has 4 aromatic rings. The predicted molar refractivity (Wildman–Crippen MR) is 176 cm³/mol. The zero-order valence-electron chi connectivity index (χ0n) is 24.7. The van der Waals surface area contributed by atoms with Crippen molar-refractivity contribution in [3.8, 4) is 105 Å². The van der Waals surface area contributed by atoms with E-state index in [2.05, 4.69) is 63.5 Å². The van der Waals surface area contributed by atoms with Gasteiger partial charge < -0.3 is 19.7 Å². The van der Waals surface area contributed by atoms with Crippen LogP contribution in [0.5, 0.6) is 23.0 Å². The Hall–Kier alpha value is -5.60. The van der Waals surface area contributed by atoms with Crippen molar-refractivity contribution in [2.45, 2.75) is 45.4 Å². The number of rotatable bonds is 12. The standard InChI is InChI=1S/C37H30ClN3O4/c1-3-5-7-9-11-13-23-44-29-19-21-31(33(42)25-29)36-39-35(27-15-17-28(38)18-16-27)40-37(41-36)32-22-20-30(26-34(32)43)45-24-14-12-10-8-6-4-2/h1,15-22,25-26,42-43H,4,6,8,10,12,14,24H2,2H3. The van der Waals surface area contributed by atoms with Gasteiger partial charge in [-0.25, -0.2) is 15.0 Å². The molecular formula is C37H30ClN3O4. The van der Waals surface area contributed by atoms with Gasteiger partial charge in [-0.15, -0.1) is 6.42 Å². The molecule has 8 heteroatoms. The first-order chi connectivity index (χ1) is 22.0. The molecule has 0 unspecified atom stereocenters. The number of benzene rings is 3. The summed E-state index contributed by atoms with van der Waals surface area (Å²) in [4.78, 5) is 13.8. The van der Waals surface area contributed by atoms with Gasteiger partial charge in [0.05, 0.1) is 17.7 Å². The van der Waals surface area contributed by atoms with Gasteiger partial charge in [-0.3, -0.25) is 0 Å². The SMILES string of the molecule is C#CC#CC#CC#COc1ccc(-c2nc(-c3ccc(Cl)cc3)nc(-c3ccc(OCCCCCCCC)cc3O)n2)c(O)c1. The van der Waals surface area contributed by atoms with Crippen molar-refractivity contribution in [3.05, 3.63) is 65.7 Å². The second kappa shape index (κ2) is 16.9. The molecule has 0 bridgehead atoms. The molecule has 0 aliphatic carbocycles. The number of phenols is 2. The number of terminal acetylenes is 1. The quantitative estimate of drug-likeness (QED) is 0.125. The van der Waals surface area contributed by atoms with Gasteiger partial charge in [0.1, 0.15) is 29.1 Å². The highest BCUT2D eigenvalue weighted by molar-refractivity contribution is 6.30. The Morgan fingerprint density at radius 2 is 1.27 bits per heavy atom. The van der Waals surface area contributed by atoms with E-state index in [1.807, 2.05) is 0 Å². The van der Waals surface area contributed by atoms with Crippen LogP contribution in [0.3, 0.4) is 0 Å². The summed E-state index contributed by atoms with van der Waals surface area (Å²) in [5.41, 5.74) is 1.37. The molecule has 0 radical (unpaired) electrons. The lowest BCUT2D eigenvalue weighted by atomic mass is 10.1. The fourth-order valence-corrected chi connectivity index (χ4v) is 4.34. The van der Waals surface area contributed by atoms with Crippen LogP contribution in [-0.4, -0.2) is 31.8 Å². The summed E-state index contributed by atoms with van der Waals surface area (Å²) in [6.07, 6.45) is 14.4.